The van der Waals surface area contributed by atoms with Crippen molar-refractivity contribution < 1.29 is 23.9 Å². The Morgan fingerprint density at radius 3 is 2.50 bits per heavy atom. The molecule has 3 amide bonds. The van der Waals surface area contributed by atoms with Gasteiger partial charge in [-0.1, -0.05) is 12.1 Å². The van der Waals surface area contributed by atoms with Gasteiger partial charge in [-0.25, -0.2) is 4.98 Å². The number of thiazole rings is 1. The third-order valence-electron chi connectivity index (χ3n) is 5.91. The van der Waals surface area contributed by atoms with E-state index >= 15 is 0 Å². The van der Waals surface area contributed by atoms with Gasteiger partial charge < -0.3 is 14.4 Å². The molecule has 9 heteroatoms. The molecule has 2 aliphatic rings. The molecule has 2 aliphatic heterocycles. The highest BCUT2D eigenvalue weighted by molar-refractivity contribution is 7.09. The summed E-state index contributed by atoms with van der Waals surface area (Å²) in [6.07, 6.45) is 1.20. The Labute approximate surface area is 200 Å². The number of nitrogens with zero attached hydrogens (tertiary/aromatic N) is 3. The van der Waals surface area contributed by atoms with E-state index < -0.39 is 0 Å². The molecule has 0 fully saturated rings. The lowest BCUT2D eigenvalue weighted by Gasteiger charge is -2.30. The minimum absolute atomic E-state index is 0.0444. The Bertz CT molecular complexity index is 1240. The van der Waals surface area contributed by atoms with Gasteiger partial charge in [-0.05, 0) is 36.8 Å². The van der Waals surface area contributed by atoms with Crippen LogP contribution < -0.4 is 9.64 Å². The Morgan fingerprint density at radius 1 is 1.03 bits per heavy atom. The zero-order chi connectivity index (χ0) is 23.7. The summed E-state index contributed by atoms with van der Waals surface area (Å²) in [4.78, 5) is 45.5. The summed E-state index contributed by atoms with van der Waals surface area (Å²) in [7, 11) is 1.66. The third kappa shape index (κ3) is 4.08. The SMILES string of the molecule is COCCc1nc(-c2ccc3c(c2)N(CCCN2C(=O)c4ccccc4C2=O)C(=O)CO3)cs1. The van der Waals surface area contributed by atoms with E-state index in [0.29, 0.717) is 42.1 Å². The second-order valence-corrected chi connectivity index (χ2v) is 8.99. The lowest BCUT2D eigenvalue weighted by atomic mass is 10.1. The average molecular weight is 478 g/mol. The highest BCUT2D eigenvalue weighted by Crippen LogP contribution is 2.36. The summed E-state index contributed by atoms with van der Waals surface area (Å²) in [5.74, 6) is -0.112. The molecule has 34 heavy (non-hydrogen) atoms. The fourth-order valence-corrected chi connectivity index (χ4v) is 4.97. The number of methoxy groups -OCH3 is 1. The zero-order valence-electron chi connectivity index (χ0n) is 18.7. The van der Waals surface area contributed by atoms with Crippen LogP contribution >= 0.6 is 11.3 Å². The predicted molar refractivity (Wildman–Crippen MR) is 127 cm³/mol. The van der Waals surface area contributed by atoms with Crippen LogP contribution in [-0.4, -0.2) is 61.0 Å². The summed E-state index contributed by atoms with van der Waals surface area (Å²) in [6.45, 7) is 1.17. The first-order chi connectivity index (χ1) is 16.6. The maximum absolute atomic E-state index is 12.7. The molecule has 0 N–H and O–H groups in total. The van der Waals surface area contributed by atoms with Gasteiger partial charge in [-0.15, -0.1) is 11.3 Å². The van der Waals surface area contributed by atoms with Crippen LogP contribution in [0.1, 0.15) is 32.1 Å². The maximum atomic E-state index is 12.7. The number of fused-ring (bicyclic) bond motifs is 2. The molecule has 0 bridgehead atoms. The summed E-state index contributed by atoms with van der Waals surface area (Å²) < 4.78 is 10.8. The Morgan fingerprint density at radius 2 is 1.76 bits per heavy atom. The second-order valence-electron chi connectivity index (χ2n) is 8.05. The number of hydrogen-bond donors (Lipinski definition) is 0. The first-order valence-corrected chi connectivity index (χ1v) is 11.9. The topological polar surface area (TPSA) is 89.0 Å². The van der Waals surface area contributed by atoms with E-state index in [1.54, 1.807) is 47.6 Å². The molecule has 5 rings (SSSR count). The second kappa shape index (κ2) is 9.36. The Kier molecular flexibility index (Phi) is 6.12. The summed E-state index contributed by atoms with van der Waals surface area (Å²) in [5, 5.41) is 2.98. The quantitative estimate of drug-likeness (QED) is 0.462. The number of ether oxygens (including phenoxy) is 2. The number of amides is 3. The molecule has 2 aromatic carbocycles. The van der Waals surface area contributed by atoms with Crippen molar-refractivity contribution in [2.45, 2.75) is 12.8 Å². The summed E-state index contributed by atoms with van der Waals surface area (Å²) >= 11 is 1.57. The molecule has 174 valence electrons. The van der Waals surface area contributed by atoms with Crippen LogP contribution in [0.2, 0.25) is 0 Å². The monoisotopic (exact) mass is 477 g/mol. The number of rotatable bonds is 8. The van der Waals surface area contributed by atoms with Crippen LogP contribution in [0.25, 0.3) is 11.3 Å². The van der Waals surface area contributed by atoms with E-state index in [-0.39, 0.29) is 30.9 Å². The highest BCUT2D eigenvalue weighted by Gasteiger charge is 2.35. The van der Waals surface area contributed by atoms with Gasteiger partial charge in [0.25, 0.3) is 17.7 Å². The van der Waals surface area contributed by atoms with Gasteiger partial charge in [0, 0.05) is 37.6 Å². The van der Waals surface area contributed by atoms with Gasteiger partial charge in [0.2, 0.25) is 0 Å². The standard InChI is InChI=1S/C25H23N3O5S/c1-32-12-9-22-26-19(15-34-22)16-7-8-21-20(13-16)27(23(29)14-33-21)10-4-11-28-24(30)17-5-2-3-6-18(17)25(28)31/h2-3,5-8,13,15H,4,9-12,14H2,1H3. The van der Waals surface area contributed by atoms with Gasteiger partial charge in [0.15, 0.2) is 6.61 Å². The number of carbonyl (C=O) groups excluding carboxylic acids is 3. The molecule has 8 nitrogen and oxygen atoms in total. The van der Waals surface area contributed by atoms with E-state index in [4.69, 9.17) is 9.47 Å². The van der Waals surface area contributed by atoms with Crippen molar-refractivity contribution in [1.29, 1.82) is 0 Å². The van der Waals surface area contributed by atoms with E-state index in [2.05, 4.69) is 4.98 Å². The molecule has 3 aromatic rings. The molecule has 0 spiro atoms. The summed E-state index contributed by atoms with van der Waals surface area (Å²) in [5.41, 5.74) is 3.25. The molecule has 0 unspecified atom stereocenters. The zero-order valence-corrected chi connectivity index (χ0v) is 19.5. The maximum Gasteiger partial charge on any atom is 0.265 e. The number of hydrogen-bond acceptors (Lipinski definition) is 7. The molecular formula is C25H23N3O5S. The smallest absolute Gasteiger partial charge is 0.265 e. The van der Waals surface area contributed by atoms with E-state index in [1.165, 1.54) is 4.90 Å². The number of aromatic nitrogens is 1. The fourth-order valence-electron chi connectivity index (χ4n) is 4.18. The molecule has 0 atom stereocenters. The fraction of sp³-hybridized carbons (Fsp3) is 0.280. The van der Waals surface area contributed by atoms with Crippen LogP contribution in [0.15, 0.2) is 47.8 Å². The first-order valence-electron chi connectivity index (χ1n) is 11.0. The lowest BCUT2D eigenvalue weighted by molar-refractivity contribution is -0.121. The van der Waals surface area contributed by atoms with Crippen molar-refractivity contribution in [3.05, 3.63) is 64.0 Å². The lowest BCUT2D eigenvalue weighted by Crippen LogP contribution is -2.41. The molecular weight excluding hydrogens is 454 g/mol. The number of benzene rings is 2. The number of carbonyl (C=O) groups is 3. The van der Waals surface area contributed by atoms with Crippen molar-refractivity contribution in [3.63, 3.8) is 0 Å². The minimum Gasteiger partial charge on any atom is -0.482 e. The Hall–Kier alpha value is -3.56. The highest BCUT2D eigenvalue weighted by atomic mass is 32.1. The Balaban J connectivity index is 1.30. The van der Waals surface area contributed by atoms with Gasteiger partial charge in [-0.3, -0.25) is 19.3 Å². The largest absolute Gasteiger partial charge is 0.482 e. The molecule has 0 saturated heterocycles. The normalized spacial score (nSPS) is 14.9. The van der Waals surface area contributed by atoms with E-state index in [1.807, 2.05) is 23.6 Å². The van der Waals surface area contributed by atoms with E-state index in [0.717, 1.165) is 22.7 Å². The van der Waals surface area contributed by atoms with Gasteiger partial charge >= 0.3 is 0 Å². The average Bonchev–Trinajstić information content (AvgIpc) is 3.43. The van der Waals surface area contributed by atoms with Crippen molar-refractivity contribution in [2.75, 3.05) is 38.3 Å². The first kappa shape index (κ1) is 22.2. The van der Waals surface area contributed by atoms with Crippen LogP contribution in [0.4, 0.5) is 5.69 Å². The van der Waals surface area contributed by atoms with Gasteiger partial charge in [0.05, 0.1) is 34.1 Å². The third-order valence-corrected chi connectivity index (χ3v) is 6.82. The van der Waals surface area contributed by atoms with Crippen LogP contribution in [0, 0.1) is 0 Å². The van der Waals surface area contributed by atoms with Crippen LogP contribution in [0.3, 0.4) is 0 Å². The van der Waals surface area contributed by atoms with Crippen LogP contribution in [-0.2, 0) is 16.0 Å². The predicted octanol–water partition coefficient (Wildman–Crippen LogP) is 3.41. The molecule has 0 aliphatic carbocycles. The number of imide groups is 1. The van der Waals surface area contributed by atoms with Crippen molar-refractivity contribution in [3.8, 4) is 17.0 Å². The number of anilines is 1. The van der Waals surface area contributed by atoms with Crippen molar-refractivity contribution >= 4 is 34.7 Å². The van der Waals surface area contributed by atoms with Crippen molar-refractivity contribution in [1.82, 2.24) is 9.88 Å². The molecule has 1 aromatic heterocycles. The minimum atomic E-state index is -0.288. The molecule has 0 saturated carbocycles. The van der Waals surface area contributed by atoms with Crippen LogP contribution in [0.5, 0.6) is 5.75 Å². The van der Waals surface area contributed by atoms with Gasteiger partial charge in [-0.2, -0.15) is 0 Å². The summed E-state index contributed by atoms with van der Waals surface area (Å²) in [6, 6.07) is 12.5. The van der Waals surface area contributed by atoms with Crippen molar-refractivity contribution in [2.24, 2.45) is 0 Å². The van der Waals surface area contributed by atoms with E-state index in [9.17, 15) is 14.4 Å². The molecule has 3 heterocycles. The molecule has 0 radical (unpaired) electrons. The van der Waals surface area contributed by atoms with Gasteiger partial charge in [0.1, 0.15) is 5.75 Å².